The lowest BCUT2D eigenvalue weighted by atomic mass is 10.3. The third kappa shape index (κ3) is 4.26. The van der Waals surface area contributed by atoms with Crippen LogP contribution in [0.4, 0.5) is 5.69 Å². The summed E-state index contributed by atoms with van der Waals surface area (Å²) in [4.78, 5) is 2.19. The second-order valence-electron chi connectivity index (χ2n) is 4.43. The number of sulfone groups is 1. The number of halogens is 1. The fourth-order valence-electron chi connectivity index (χ4n) is 1.90. The van der Waals surface area contributed by atoms with E-state index >= 15 is 0 Å². The zero-order valence-corrected chi connectivity index (χ0v) is 12.5. The summed E-state index contributed by atoms with van der Waals surface area (Å²) in [5.74, 6) is 0.594. The lowest BCUT2D eigenvalue weighted by Crippen LogP contribution is -2.42. The highest BCUT2D eigenvalue weighted by Crippen LogP contribution is 2.13. The molecule has 1 aliphatic heterocycles. The summed E-state index contributed by atoms with van der Waals surface area (Å²) < 4.78 is 23.6. The van der Waals surface area contributed by atoms with Gasteiger partial charge in [0.25, 0.3) is 0 Å². The van der Waals surface area contributed by atoms with Gasteiger partial charge in [-0.3, -0.25) is 4.90 Å². The van der Waals surface area contributed by atoms with Crippen molar-refractivity contribution in [1.29, 1.82) is 0 Å². The first kappa shape index (κ1) is 13.8. The van der Waals surface area contributed by atoms with Crippen LogP contribution in [0.15, 0.2) is 28.7 Å². The van der Waals surface area contributed by atoms with Crippen LogP contribution in [0.25, 0.3) is 0 Å². The average Bonchev–Trinajstić information content (AvgIpc) is 2.34. The smallest absolute Gasteiger partial charge is 0.152 e. The Morgan fingerprint density at radius 2 is 1.78 bits per heavy atom. The Kier molecular flexibility index (Phi) is 4.64. The maximum absolute atomic E-state index is 11.3. The molecule has 1 saturated heterocycles. The predicted molar refractivity (Wildman–Crippen MR) is 77.7 cm³/mol. The molecule has 4 nitrogen and oxygen atoms in total. The molecule has 0 radical (unpaired) electrons. The van der Waals surface area contributed by atoms with Crippen molar-refractivity contribution in [2.45, 2.75) is 0 Å². The number of anilines is 1. The van der Waals surface area contributed by atoms with Gasteiger partial charge in [-0.2, -0.15) is 0 Å². The Morgan fingerprint density at radius 1 is 1.17 bits per heavy atom. The van der Waals surface area contributed by atoms with Gasteiger partial charge >= 0.3 is 0 Å². The number of benzene rings is 1. The summed E-state index contributed by atoms with van der Waals surface area (Å²) in [7, 11) is -2.76. The quantitative estimate of drug-likeness (QED) is 0.909. The van der Waals surface area contributed by atoms with Crippen LogP contribution in [0.3, 0.4) is 0 Å². The van der Waals surface area contributed by atoms with Gasteiger partial charge in [-0.1, -0.05) is 15.9 Å². The van der Waals surface area contributed by atoms with E-state index in [1.807, 2.05) is 24.3 Å². The van der Waals surface area contributed by atoms with Crippen LogP contribution >= 0.6 is 15.9 Å². The number of nitrogens with zero attached hydrogens (tertiary/aromatic N) is 1. The fourth-order valence-corrected chi connectivity index (χ4v) is 3.44. The maximum Gasteiger partial charge on any atom is 0.152 e. The van der Waals surface area contributed by atoms with E-state index in [1.165, 1.54) is 0 Å². The van der Waals surface area contributed by atoms with Crippen molar-refractivity contribution in [3.63, 3.8) is 0 Å². The molecule has 1 fully saturated rings. The normalized spacial score (nSPS) is 19.6. The molecule has 0 amide bonds. The first-order chi connectivity index (χ1) is 8.55. The summed E-state index contributed by atoms with van der Waals surface area (Å²) in [5, 5.41) is 3.33. The minimum absolute atomic E-state index is 0.297. The van der Waals surface area contributed by atoms with Crippen molar-refractivity contribution >= 4 is 31.5 Å². The minimum Gasteiger partial charge on any atom is -0.384 e. The molecule has 6 heteroatoms. The second kappa shape index (κ2) is 6.04. The van der Waals surface area contributed by atoms with Crippen molar-refractivity contribution in [1.82, 2.24) is 4.90 Å². The lowest BCUT2D eigenvalue weighted by molar-refractivity contribution is 0.307. The summed E-state index contributed by atoms with van der Waals surface area (Å²) in [6.45, 7) is 3.03. The molecule has 0 bridgehead atoms. The van der Waals surface area contributed by atoms with E-state index in [4.69, 9.17) is 0 Å². The highest BCUT2D eigenvalue weighted by atomic mass is 79.9. The van der Waals surface area contributed by atoms with E-state index in [0.717, 1.165) is 23.2 Å². The topological polar surface area (TPSA) is 49.4 Å². The van der Waals surface area contributed by atoms with Gasteiger partial charge in [-0.15, -0.1) is 0 Å². The molecule has 0 spiro atoms. The zero-order chi connectivity index (χ0) is 13.0. The highest BCUT2D eigenvalue weighted by molar-refractivity contribution is 9.10. The molecule has 100 valence electrons. The average molecular weight is 333 g/mol. The van der Waals surface area contributed by atoms with Crippen LogP contribution in [0.2, 0.25) is 0 Å². The van der Waals surface area contributed by atoms with E-state index in [0.29, 0.717) is 24.6 Å². The monoisotopic (exact) mass is 332 g/mol. The molecule has 1 aromatic carbocycles. The first-order valence-corrected chi connectivity index (χ1v) is 8.59. The molecule has 1 N–H and O–H groups in total. The van der Waals surface area contributed by atoms with Crippen molar-refractivity contribution < 1.29 is 8.42 Å². The van der Waals surface area contributed by atoms with Crippen molar-refractivity contribution in [2.24, 2.45) is 0 Å². The Hall–Kier alpha value is -0.590. The first-order valence-electron chi connectivity index (χ1n) is 5.97. The van der Waals surface area contributed by atoms with E-state index in [2.05, 4.69) is 26.1 Å². The summed E-state index contributed by atoms with van der Waals surface area (Å²) in [6.07, 6.45) is 0. The third-order valence-electron chi connectivity index (χ3n) is 3.04. The number of rotatable bonds is 4. The van der Waals surface area contributed by atoms with Gasteiger partial charge < -0.3 is 5.32 Å². The van der Waals surface area contributed by atoms with Gasteiger partial charge in [0, 0.05) is 36.3 Å². The van der Waals surface area contributed by atoms with Crippen molar-refractivity contribution in [3.8, 4) is 0 Å². The SMILES string of the molecule is O=S1(=O)CCN(CCNc2ccc(Br)cc2)CC1. The van der Waals surface area contributed by atoms with Crippen LogP contribution in [-0.2, 0) is 9.84 Å². The molecule has 0 aromatic heterocycles. The van der Waals surface area contributed by atoms with Crippen molar-refractivity contribution in [2.75, 3.05) is 43.0 Å². The van der Waals surface area contributed by atoms with Crippen molar-refractivity contribution in [3.05, 3.63) is 28.7 Å². The minimum atomic E-state index is -2.76. The van der Waals surface area contributed by atoms with E-state index < -0.39 is 9.84 Å². The highest BCUT2D eigenvalue weighted by Gasteiger charge is 2.20. The Morgan fingerprint density at radius 3 is 2.39 bits per heavy atom. The van der Waals surface area contributed by atoms with E-state index in [9.17, 15) is 8.42 Å². The van der Waals surface area contributed by atoms with Gasteiger partial charge in [0.15, 0.2) is 9.84 Å². The number of hydrogen-bond donors (Lipinski definition) is 1. The Balaban J connectivity index is 1.71. The van der Waals surface area contributed by atoms with Crippen LogP contribution in [0, 0.1) is 0 Å². The summed E-state index contributed by atoms with van der Waals surface area (Å²) in [5.41, 5.74) is 1.09. The van der Waals surface area contributed by atoms with Gasteiger partial charge in [-0.25, -0.2) is 8.42 Å². The Bertz CT molecular complexity index is 473. The standard InChI is InChI=1S/C12H17BrN2O2S/c13-11-1-3-12(4-2-11)14-5-6-15-7-9-18(16,17)10-8-15/h1-4,14H,5-10H2. The third-order valence-corrected chi connectivity index (χ3v) is 5.18. The largest absolute Gasteiger partial charge is 0.384 e. The van der Waals surface area contributed by atoms with Gasteiger partial charge in [-0.05, 0) is 24.3 Å². The number of hydrogen-bond acceptors (Lipinski definition) is 4. The molecule has 1 heterocycles. The fraction of sp³-hybridized carbons (Fsp3) is 0.500. The number of nitrogens with one attached hydrogen (secondary N) is 1. The summed E-state index contributed by atoms with van der Waals surface area (Å²) in [6, 6.07) is 8.03. The van der Waals surface area contributed by atoms with Gasteiger partial charge in [0.05, 0.1) is 11.5 Å². The van der Waals surface area contributed by atoms with E-state index in [1.54, 1.807) is 0 Å². The summed E-state index contributed by atoms with van der Waals surface area (Å²) >= 11 is 3.39. The lowest BCUT2D eigenvalue weighted by Gasteiger charge is -2.26. The molecule has 0 aliphatic carbocycles. The molecule has 0 unspecified atom stereocenters. The van der Waals surface area contributed by atoms with Gasteiger partial charge in [0.2, 0.25) is 0 Å². The van der Waals surface area contributed by atoms with Gasteiger partial charge in [0.1, 0.15) is 0 Å². The van der Waals surface area contributed by atoms with E-state index in [-0.39, 0.29) is 0 Å². The molecule has 0 saturated carbocycles. The molecule has 1 aromatic rings. The molecular weight excluding hydrogens is 316 g/mol. The van der Waals surface area contributed by atoms with Crippen LogP contribution < -0.4 is 5.32 Å². The second-order valence-corrected chi connectivity index (χ2v) is 7.65. The Labute approximate surface area is 116 Å². The molecule has 1 aliphatic rings. The molecule has 2 rings (SSSR count). The zero-order valence-electron chi connectivity index (χ0n) is 10.1. The van der Waals surface area contributed by atoms with Crippen LogP contribution in [-0.4, -0.2) is 51.0 Å². The molecule has 18 heavy (non-hydrogen) atoms. The molecular formula is C12H17BrN2O2S. The van der Waals surface area contributed by atoms with Crippen LogP contribution in [0.5, 0.6) is 0 Å². The predicted octanol–water partition coefficient (Wildman–Crippen LogP) is 1.59. The van der Waals surface area contributed by atoms with Crippen LogP contribution in [0.1, 0.15) is 0 Å². The maximum atomic E-state index is 11.3. The molecule has 0 atom stereocenters.